The van der Waals surface area contributed by atoms with Gasteiger partial charge < -0.3 is 8.85 Å². The van der Waals surface area contributed by atoms with Gasteiger partial charge in [-0.2, -0.15) is 0 Å². The second kappa shape index (κ2) is 8.69. The Kier molecular flexibility index (Phi) is 7.23. The van der Waals surface area contributed by atoms with E-state index >= 15 is 0 Å². The van der Waals surface area contributed by atoms with Gasteiger partial charge in [0.05, 0.1) is 0 Å². The SMILES string of the molecule is CCCCC(C)C(C1CC2CCC1C2)[SiH](OCC)OCC. The Labute approximate surface area is 133 Å². The lowest BCUT2D eigenvalue weighted by Gasteiger charge is -2.38. The van der Waals surface area contributed by atoms with Crippen LogP contribution in [0.4, 0.5) is 0 Å². The molecule has 2 aliphatic rings. The highest BCUT2D eigenvalue weighted by molar-refractivity contribution is 6.46. The van der Waals surface area contributed by atoms with Crippen LogP contribution in [0.5, 0.6) is 0 Å². The van der Waals surface area contributed by atoms with Crippen molar-refractivity contribution in [3.05, 3.63) is 0 Å². The molecule has 5 atom stereocenters. The Balaban J connectivity index is 2.08. The van der Waals surface area contributed by atoms with E-state index in [1.165, 1.54) is 44.9 Å². The van der Waals surface area contributed by atoms with E-state index in [1.807, 2.05) is 0 Å². The van der Waals surface area contributed by atoms with E-state index in [2.05, 4.69) is 27.7 Å². The third kappa shape index (κ3) is 4.32. The van der Waals surface area contributed by atoms with Gasteiger partial charge in [-0.3, -0.25) is 0 Å². The minimum absolute atomic E-state index is 0.742. The quantitative estimate of drug-likeness (QED) is 0.533. The number of rotatable bonds is 10. The molecule has 124 valence electrons. The van der Waals surface area contributed by atoms with Gasteiger partial charge in [-0.15, -0.1) is 0 Å². The molecule has 0 heterocycles. The predicted molar refractivity (Wildman–Crippen MR) is 91.8 cm³/mol. The van der Waals surface area contributed by atoms with Gasteiger partial charge in [0.25, 0.3) is 0 Å². The summed E-state index contributed by atoms with van der Waals surface area (Å²) in [7, 11) is -1.53. The first-order valence-electron chi connectivity index (χ1n) is 9.44. The van der Waals surface area contributed by atoms with E-state index in [0.29, 0.717) is 0 Å². The van der Waals surface area contributed by atoms with Crippen LogP contribution in [0.25, 0.3) is 0 Å². The van der Waals surface area contributed by atoms with E-state index in [0.717, 1.165) is 42.4 Å². The summed E-state index contributed by atoms with van der Waals surface area (Å²) in [6, 6.07) is 0. The van der Waals surface area contributed by atoms with Crippen molar-refractivity contribution < 1.29 is 8.85 Å². The average Bonchev–Trinajstić information content (AvgIpc) is 3.08. The lowest BCUT2D eigenvalue weighted by atomic mass is 9.80. The normalized spacial score (nSPS) is 31.0. The second-order valence-corrected chi connectivity index (χ2v) is 9.49. The Morgan fingerprint density at radius 3 is 2.24 bits per heavy atom. The highest BCUT2D eigenvalue weighted by atomic mass is 28.3. The fourth-order valence-electron chi connectivity index (χ4n) is 4.97. The zero-order chi connectivity index (χ0) is 15.2. The molecular formula is C18H36O2Si. The van der Waals surface area contributed by atoms with E-state index in [4.69, 9.17) is 8.85 Å². The van der Waals surface area contributed by atoms with Crippen molar-refractivity contribution in [3.8, 4) is 0 Å². The molecular weight excluding hydrogens is 276 g/mol. The lowest BCUT2D eigenvalue weighted by Crippen LogP contribution is -2.39. The van der Waals surface area contributed by atoms with Gasteiger partial charge in [0.15, 0.2) is 0 Å². The molecule has 3 heteroatoms. The maximum Gasteiger partial charge on any atom is 0.325 e. The van der Waals surface area contributed by atoms with Crippen molar-refractivity contribution in [2.24, 2.45) is 23.7 Å². The summed E-state index contributed by atoms with van der Waals surface area (Å²) < 4.78 is 12.4. The zero-order valence-electron chi connectivity index (χ0n) is 14.6. The van der Waals surface area contributed by atoms with Crippen LogP contribution < -0.4 is 0 Å². The van der Waals surface area contributed by atoms with Gasteiger partial charge in [0.2, 0.25) is 0 Å². The molecule has 0 aromatic rings. The summed E-state index contributed by atoms with van der Waals surface area (Å²) in [5, 5.41) is 0. The van der Waals surface area contributed by atoms with Gasteiger partial charge in [-0.25, -0.2) is 0 Å². The van der Waals surface area contributed by atoms with Crippen LogP contribution in [0.15, 0.2) is 0 Å². The third-order valence-corrected chi connectivity index (χ3v) is 9.04. The van der Waals surface area contributed by atoms with Crippen molar-refractivity contribution in [2.45, 2.75) is 78.2 Å². The molecule has 2 saturated carbocycles. The maximum absolute atomic E-state index is 6.18. The summed E-state index contributed by atoms with van der Waals surface area (Å²) in [5.41, 5.74) is 0.742. The van der Waals surface area contributed by atoms with E-state index in [1.54, 1.807) is 0 Å². The van der Waals surface area contributed by atoms with Gasteiger partial charge in [-0.05, 0) is 56.8 Å². The molecule has 0 aromatic carbocycles. The molecule has 21 heavy (non-hydrogen) atoms. The molecule has 2 aliphatic carbocycles. The second-order valence-electron chi connectivity index (χ2n) is 7.31. The van der Waals surface area contributed by atoms with Gasteiger partial charge in [-0.1, -0.05) is 39.5 Å². The summed E-state index contributed by atoms with van der Waals surface area (Å²) in [6.07, 6.45) is 9.97. The molecule has 0 saturated heterocycles. The molecule has 2 rings (SSSR count). The Bertz CT molecular complexity index is 291. The van der Waals surface area contributed by atoms with Gasteiger partial charge >= 0.3 is 9.28 Å². The zero-order valence-corrected chi connectivity index (χ0v) is 15.8. The molecule has 0 aromatic heterocycles. The third-order valence-electron chi connectivity index (χ3n) is 5.93. The lowest BCUT2D eigenvalue weighted by molar-refractivity contribution is 0.160. The first-order valence-corrected chi connectivity index (χ1v) is 11.0. The Morgan fingerprint density at radius 2 is 1.76 bits per heavy atom. The Hall–Kier alpha value is 0.137. The molecule has 0 spiro atoms. The summed E-state index contributed by atoms with van der Waals surface area (Å²) in [4.78, 5) is 0. The highest BCUT2D eigenvalue weighted by Crippen LogP contribution is 2.55. The highest BCUT2D eigenvalue weighted by Gasteiger charge is 2.48. The Morgan fingerprint density at radius 1 is 1.05 bits per heavy atom. The molecule has 0 aliphatic heterocycles. The summed E-state index contributed by atoms with van der Waals surface area (Å²) in [5.74, 6) is 3.70. The van der Waals surface area contributed by atoms with Crippen LogP contribution >= 0.6 is 0 Å². The molecule has 0 amide bonds. The predicted octanol–water partition coefficient (Wildman–Crippen LogP) is 4.91. The van der Waals surface area contributed by atoms with Crippen LogP contribution in [-0.2, 0) is 8.85 Å². The van der Waals surface area contributed by atoms with Crippen LogP contribution in [0, 0.1) is 23.7 Å². The van der Waals surface area contributed by atoms with Crippen LogP contribution in [0.2, 0.25) is 5.54 Å². The summed E-state index contributed by atoms with van der Waals surface area (Å²) in [6.45, 7) is 10.7. The molecule has 5 unspecified atom stereocenters. The topological polar surface area (TPSA) is 18.5 Å². The fourth-order valence-corrected chi connectivity index (χ4v) is 7.78. The van der Waals surface area contributed by atoms with Gasteiger partial charge in [0.1, 0.15) is 0 Å². The molecule has 2 bridgehead atoms. The maximum atomic E-state index is 6.18. The van der Waals surface area contributed by atoms with E-state index in [9.17, 15) is 0 Å². The van der Waals surface area contributed by atoms with E-state index < -0.39 is 9.28 Å². The monoisotopic (exact) mass is 312 g/mol. The number of unbranched alkanes of at least 4 members (excludes halogenated alkanes) is 1. The summed E-state index contributed by atoms with van der Waals surface area (Å²) >= 11 is 0. The minimum atomic E-state index is -1.53. The standard InChI is InChI=1S/C18H36O2Si/c1-5-8-9-14(4)18(21(19-6-2)20-7-3)17-13-15-10-11-16(17)12-15/h14-18,21H,5-13H2,1-4H3. The van der Waals surface area contributed by atoms with Crippen molar-refractivity contribution in [1.29, 1.82) is 0 Å². The fraction of sp³-hybridized carbons (Fsp3) is 1.00. The smallest absolute Gasteiger partial charge is 0.325 e. The molecule has 0 radical (unpaired) electrons. The number of hydrogen-bond acceptors (Lipinski definition) is 2. The molecule has 2 nitrogen and oxygen atoms in total. The molecule has 2 fully saturated rings. The van der Waals surface area contributed by atoms with Crippen molar-refractivity contribution in [2.75, 3.05) is 13.2 Å². The van der Waals surface area contributed by atoms with Crippen LogP contribution in [0.1, 0.15) is 72.6 Å². The number of hydrogen-bond donors (Lipinski definition) is 0. The van der Waals surface area contributed by atoms with Crippen molar-refractivity contribution in [3.63, 3.8) is 0 Å². The minimum Gasteiger partial charge on any atom is -0.397 e. The van der Waals surface area contributed by atoms with E-state index in [-0.39, 0.29) is 0 Å². The van der Waals surface area contributed by atoms with Crippen LogP contribution in [-0.4, -0.2) is 22.5 Å². The average molecular weight is 313 g/mol. The first-order chi connectivity index (χ1) is 10.2. The van der Waals surface area contributed by atoms with Crippen molar-refractivity contribution in [1.82, 2.24) is 0 Å². The molecule has 0 N–H and O–H groups in total. The van der Waals surface area contributed by atoms with Gasteiger partial charge in [0, 0.05) is 18.8 Å². The number of fused-ring (bicyclic) bond motifs is 2. The van der Waals surface area contributed by atoms with Crippen molar-refractivity contribution >= 4 is 9.28 Å². The largest absolute Gasteiger partial charge is 0.397 e. The van der Waals surface area contributed by atoms with Crippen LogP contribution in [0.3, 0.4) is 0 Å². The first kappa shape index (κ1) is 17.5.